The van der Waals surface area contributed by atoms with Crippen molar-refractivity contribution in [2.45, 2.75) is 51.2 Å². The van der Waals surface area contributed by atoms with E-state index < -0.39 is 10.1 Å². The quantitative estimate of drug-likeness (QED) is 0.423. The van der Waals surface area contributed by atoms with Crippen LogP contribution in [0.5, 0.6) is 11.5 Å². The van der Waals surface area contributed by atoms with Gasteiger partial charge in [-0.2, -0.15) is 13.5 Å². The molecule has 5 rings (SSSR count). The van der Waals surface area contributed by atoms with Gasteiger partial charge in [0, 0.05) is 35.6 Å². The van der Waals surface area contributed by atoms with Crippen LogP contribution in [0.2, 0.25) is 0 Å². The standard InChI is InChI=1S/C26H30N4O5S/c1-4-34-24-14-19-20-13-18(35-36(31,32)5-2)8-9-22(20)29-26(21(19)15-23(24)33-3)17-7-10-25(27-16-17)30-12-6-11-28-30/h6-7,10-12,14-16,18,20,22H,4-5,8-9,13H2,1-3H3/t18-,20-,22-/m1/s1. The minimum atomic E-state index is -3.53. The molecule has 1 fully saturated rings. The minimum absolute atomic E-state index is 0.00495. The average Bonchev–Trinajstić information content (AvgIpc) is 3.43. The molecular formula is C26H30N4O5S. The van der Waals surface area contributed by atoms with Gasteiger partial charge in [-0.15, -0.1) is 0 Å². The van der Waals surface area contributed by atoms with Crippen LogP contribution in [-0.2, 0) is 14.3 Å². The van der Waals surface area contributed by atoms with Crippen molar-refractivity contribution >= 4 is 15.8 Å². The number of benzene rings is 1. The third-order valence-electron chi connectivity index (χ3n) is 6.75. The lowest BCUT2D eigenvalue weighted by atomic mass is 9.74. The highest BCUT2D eigenvalue weighted by Crippen LogP contribution is 2.45. The molecule has 1 aliphatic heterocycles. The van der Waals surface area contributed by atoms with Crippen molar-refractivity contribution in [2.75, 3.05) is 19.5 Å². The molecule has 3 heterocycles. The summed E-state index contributed by atoms with van der Waals surface area (Å²) < 4.78 is 43.0. The van der Waals surface area contributed by atoms with E-state index in [4.69, 9.17) is 18.6 Å². The van der Waals surface area contributed by atoms with Crippen LogP contribution in [0.15, 0.2) is 53.9 Å². The Kier molecular flexibility index (Phi) is 6.81. The van der Waals surface area contributed by atoms with E-state index in [1.165, 1.54) is 0 Å². The van der Waals surface area contributed by atoms with Gasteiger partial charge in [-0.25, -0.2) is 9.67 Å². The molecule has 0 spiro atoms. The Morgan fingerprint density at radius 1 is 1.14 bits per heavy atom. The first kappa shape index (κ1) is 24.5. The fourth-order valence-corrected chi connectivity index (χ4v) is 5.74. The maximum Gasteiger partial charge on any atom is 0.267 e. The van der Waals surface area contributed by atoms with E-state index in [1.54, 1.807) is 24.9 Å². The van der Waals surface area contributed by atoms with E-state index in [1.807, 2.05) is 49.6 Å². The predicted molar refractivity (Wildman–Crippen MR) is 136 cm³/mol. The van der Waals surface area contributed by atoms with Crippen molar-refractivity contribution in [2.24, 2.45) is 4.99 Å². The molecule has 0 radical (unpaired) electrons. The highest BCUT2D eigenvalue weighted by atomic mass is 32.2. The summed E-state index contributed by atoms with van der Waals surface area (Å²) >= 11 is 0. The molecule has 2 aliphatic rings. The maximum atomic E-state index is 12.1. The fraction of sp³-hybridized carbons (Fsp3) is 0.423. The first-order chi connectivity index (χ1) is 17.4. The Balaban J connectivity index is 1.55. The van der Waals surface area contributed by atoms with Crippen molar-refractivity contribution < 1.29 is 22.1 Å². The van der Waals surface area contributed by atoms with Crippen LogP contribution in [0.25, 0.3) is 5.82 Å². The number of fused-ring (bicyclic) bond motifs is 3. The molecule has 9 nitrogen and oxygen atoms in total. The Bertz CT molecular complexity index is 1350. The van der Waals surface area contributed by atoms with Gasteiger partial charge in [0.1, 0.15) is 0 Å². The molecule has 1 aromatic carbocycles. The second-order valence-electron chi connectivity index (χ2n) is 8.91. The summed E-state index contributed by atoms with van der Waals surface area (Å²) in [5.41, 5.74) is 3.73. The van der Waals surface area contributed by atoms with Gasteiger partial charge >= 0.3 is 0 Å². The monoisotopic (exact) mass is 510 g/mol. The minimum Gasteiger partial charge on any atom is -0.493 e. The maximum absolute atomic E-state index is 12.1. The molecule has 190 valence electrons. The number of nitrogens with zero attached hydrogens (tertiary/aromatic N) is 4. The largest absolute Gasteiger partial charge is 0.493 e. The molecule has 0 bridgehead atoms. The number of hydrogen-bond donors (Lipinski definition) is 0. The van der Waals surface area contributed by atoms with E-state index in [-0.39, 0.29) is 23.8 Å². The smallest absolute Gasteiger partial charge is 0.267 e. The third kappa shape index (κ3) is 4.75. The Hall–Kier alpha value is -3.24. The van der Waals surface area contributed by atoms with E-state index in [2.05, 4.69) is 10.1 Å². The topological polar surface area (TPSA) is 105 Å². The molecule has 1 aliphatic carbocycles. The number of pyridine rings is 1. The zero-order valence-electron chi connectivity index (χ0n) is 20.6. The Morgan fingerprint density at radius 3 is 2.67 bits per heavy atom. The van der Waals surface area contributed by atoms with Gasteiger partial charge in [0.2, 0.25) is 0 Å². The van der Waals surface area contributed by atoms with Crippen LogP contribution in [0, 0.1) is 0 Å². The van der Waals surface area contributed by atoms with Crippen molar-refractivity contribution in [1.82, 2.24) is 14.8 Å². The van der Waals surface area contributed by atoms with Crippen molar-refractivity contribution in [3.8, 4) is 17.3 Å². The van der Waals surface area contributed by atoms with Gasteiger partial charge in [-0.1, -0.05) is 0 Å². The number of aromatic nitrogens is 3. The van der Waals surface area contributed by atoms with Crippen LogP contribution in [0.3, 0.4) is 0 Å². The number of methoxy groups -OCH3 is 1. The van der Waals surface area contributed by atoms with Crippen molar-refractivity contribution in [1.29, 1.82) is 0 Å². The highest BCUT2D eigenvalue weighted by Gasteiger charge is 2.39. The average molecular weight is 511 g/mol. The zero-order valence-corrected chi connectivity index (χ0v) is 21.4. The molecule has 0 saturated heterocycles. The van der Waals surface area contributed by atoms with Gasteiger partial charge < -0.3 is 9.47 Å². The van der Waals surface area contributed by atoms with Crippen LogP contribution in [-0.4, -0.2) is 60.5 Å². The lowest BCUT2D eigenvalue weighted by Gasteiger charge is -2.38. The second kappa shape index (κ2) is 10.0. The van der Waals surface area contributed by atoms with E-state index >= 15 is 0 Å². The number of ether oxygens (including phenoxy) is 2. The van der Waals surface area contributed by atoms with Gasteiger partial charge in [0.05, 0.1) is 37.3 Å². The third-order valence-corrected chi connectivity index (χ3v) is 8.02. The van der Waals surface area contributed by atoms with Crippen LogP contribution in [0.1, 0.15) is 55.7 Å². The SMILES string of the molecule is CCOc1cc2c(cc1OC)C(c1ccc(-n3cccn3)nc1)=N[C@@H]1CC[C@@H](OS(=O)(=O)CC)C[C@H]21. The number of rotatable bonds is 8. The fourth-order valence-electron chi connectivity index (χ4n) is 5.01. The predicted octanol–water partition coefficient (Wildman–Crippen LogP) is 3.90. The molecule has 3 aromatic rings. The summed E-state index contributed by atoms with van der Waals surface area (Å²) in [5, 5.41) is 4.25. The molecule has 2 aromatic heterocycles. The molecule has 0 unspecified atom stereocenters. The summed E-state index contributed by atoms with van der Waals surface area (Å²) in [5.74, 6) is 1.98. The Labute approximate surface area is 211 Å². The normalized spacial score (nSPS) is 21.3. The van der Waals surface area contributed by atoms with Gasteiger partial charge in [-0.05, 0) is 69.0 Å². The first-order valence-electron chi connectivity index (χ1n) is 12.2. The van der Waals surface area contributed by atoms with Crippen molar-refractivity contribution in [3.05, 3.63) is 65.6 Å². The number of hydrogen-bond acceptors (Lipinski definition) is 8. The molecule has 0 amide bonds. The summed E-state index contributed by atoms with van der Waals surface area (Å²) in [6.45, 7) is 4.03. The second-order valence-corrected chi connectivity index (χ2v) is 10.8. The molecule has 10 heteroatoms. The van der Waals surface area contributed by atoms with Crippen LogP contribution in [0.4, 0.5) is 0 Å². The molecule has 0 N–H and O–H groups in total. The van der Waals surface area contributed by atoms with Crippen LogP contribution >= 0.6 is 0 Å². The molecule has 3 atom stereocenters. The lowest BCUT2D eigenvalue weighted by Crippen LogP contribution is -2.36. The first-order valence-corrected chi connectivity index (χ1v) is 13.8. The van der Waals surface area contributed by atoms with E-state index in [9.17, 15) is 8.42 Å². The summed E-state index contributed by atoms with van der Waals surface area (Å²) in [7, 11) is -1.92. The molecule has 36 heavy (non-hydrogen) atoms. The van der Waals surface area contributed by atoms with E-state index in [0.717, 1.165) is 34.6 Å². The van der Waals surface area contributed by atoms with E-state index in [0.29, 0.717) is 30.9 Å². The highest BCUT2D eigenvalue weighted by molar-refractivity contribution is 7.86. The molecular weight excluding hydrogens is 480 g/mol. The number of aliphatic imine (C=N–C) groups is 1. The lowest BCUT2D eigenvalue weighted by molar-refractivity contribution is 0.140. The Morgan fingerprint density at radius 2 is 2.00 bits per heavy atom. The summed E-state index contributed by atoms with van der Waals surface area (Å²) in [6, 6.07) is 9.76. The van der Waals surface area contributed by atoms with Gasteiger partial charge in [-0.3, -0.25) is 9.18 Å². The van der Waals surface area contributed by atoms with Crippen molar-refractivity contribution in [3.63, 3.8) is 0 Å². The zero-order chi connectivity index (χ0) is 25.3. The van der Waals surface area contributed by atoms with Gasteiger partial charge in [0.25, 0.3) is 10.1 Å². The summed E-state index contributed by atoms with van der Waals surface area (Å²) in [4.78, 5) is 9.76. The molecule has 1 saturated carbocycles. The summed E-state index contributed by atoms with van der Waals surface area (Å²) in [6.07, 6.45) is 6.94. The van der Waals surface area contributed by atoms with Gasteiger partial charge in [0.15, 0.2) is 17.3 Å². The van der Waals surface area contributed by atoms with Crippen LogP contribution < -0.4 is 9.47 Å².